The number of hydrogen-bond acceptors (Lipinski definition) is 2. The molecule has 0 aliphatic rings. The van der Waals surface area contributed by atoms with Crippen molar-refractivity contribution in [2.75, 3.05) is 11.4 Å². The van der Waals surface area contributed by atoms with Crippen molar-refractivity contribution in [1.29, 1.82) is 5.26 Å². The summed E-state index contributed by atoms with van der Waals surface area (Å²) in [7, 11) is 0. The van der Waals surface area contributed by atoms with E-state index in [0.717, 1.165) is 16.6 Å². The molecule has 0 saturated carbocycles. The first-order chi connectivity index (χ1) is 11.2. The van der Waals surface area contributed by atoms with Gasteiger partial charge in [-0.3, -0.25) is 4.79 Å². The van der Waals surface area contributed by atoms with Gasteiger partial charge in [0.05, 0.1) is 5.56 Å². The number of nitrogens with zero attached hydrogens (tertiary/aromatic N) is 3. The highest BCUT2D eigenvalue weighted by Crippen LogP contribution is 2.21. The van der Waals surface area contributed by atoms with Crippen molar-refractivity contribution in [2.24, 2.45) is 0 Å². The number of amides is 1. The molecule has 4 nitrogen and oxygen atoms in total. The highest BCUT2D eigenvalue weighted by molar-refractivity contribution is 5.95. The number of aromatic nitrogens is 1. The van der Waals surface area contributed by atoms with Crippen LogP contribution in [-0.4, -0.2) is 17.0 Å². The molecule has 23 heavy (non-hydrogen) atoms. The molecule has 0 aliphatic carbocycles. The molecule has 0 spiro atoms. The van der Waals surface area contributed by atoms with Crippen molar-refractivity contribution < 1.29 is 4.79 Å². The minimum absolute atomic E-state index is 0.00365. The van der Waals surface area contributed by atoms with Crippen LogP contribution in [-0.2, 0) is 11.3 Å². The molecule has 3 aromatic rings. The first-order valence-electron chi connectivity index (χ1n) is 7.58. The van der Waals surface area contributed by atoms with Gasteiger partial charge in [0.2, 0.25) is 5.91 Å². The number of nitriles is 1. The Hall–Kier alpha value is -3.06. The van der Waals surface area contributed by atoms with Gasteiger partial charge in [0.25, 0.3) is 0 Å². The molecular weight excluding hydrogens is 286 g/mol. The Kier molecular flexibility index (Phi) is 4.11. The second kappa shape index (κ2) is 6.37. The van der Waals surface area contributed by atoms with Crippen LogP contribution < -0.4 is 4.90 Å². The third-order valence-corrected chi connectivity index (χ3v) is 3.90. The van der Waals surface area contributed by atoms with Crippen LogP contribution in [0.5, 0.6) is 0 Å². The van der Waals surface area contributed by atoms with E-state index in [1.54, 1.807) is 11.1 Å². The Bertz CT molecular complexity index is 875. The average molecular weight is 303 g/mol. The standard InChI is InChI=1S/C19H17N3O/c1-2-22(16-8-4-3-5-9-16)19(23)14-21-13-15(12-20)17-10-6-7-11-18(17)21/h3-11,13H,2,14H2,1H3. The molecule has 2 aromatic carbocycles. The first-order valence-corrected chi connectivity index (χ1v) is 7.58. The molecule has 0 radical (unpaired) electrons. The van der Waals surface area contributed by atoms with Gasteiger partial charge in [-0.2, -0.15) is 5.26 Å². The van der Waals surface area contributed by atoms with E-state index in [4.69, 9.17) is 0 Å². The molecule has 1 amide bonds. The van der Waals surface area contributed by atoms with Crippen LogP contribution in [0.15, 0.2) is 60.8 Å². The van der Waals surface area contributed by atoms with Crippen molar-refractivity contribution in [1.82, 2.24) is 4.57 Å². The van der Waals surface area contributed by atoms with Crippen molar-refractivity contribution in [3.05, 3.63) is 66.4 Å². The van der Waals surface area contributed by atoms with Gasteiger partial charge in [0.1, 0.15) is 12.6 Å². The number of likely N-dealkylation sites (N-methyl/N-ethyl adjacent to an activating group) is 1. The van der Waals surface area contributed by atoms with Crippen molar-refractivity contribution in [3.63, 3.8) is 0 Å². The summed E-state index contributed by atoms with van der Waals surface area (Å²) in [6.07, 6.45) is 1.75. The Labute approximate surface area is 135 Å². The number of hydrogen-bond donors (Lipinski definition) is 0. The van der Waals surface area contributed by atoms with Crippen LogP contribution in [0.1, 0.15) is 12.5 Å². The summed E-state index contributed by atoms with van der Waals surface area (Å²) in [5.74, 6) is 0.00365. The second-order valence-electron chi connectivity index (χ2n) is 5.27. The zero-order valence-corrected chi connectivity index (χ0v) is 12.9. The van der Waals surface area contributed by atoms with E-state index >= 15 is 0 Å². The van der Waals surface area contributed by atoms with Gasteiger partial charge < -0.3 is 9.47 Å². The van der Waals surface area contributed by atoms with E-state index in [2.05, 4.69) is 6.07 Å². The Morgan fingerprint density at radius 1 is 1.13 bits per heavy atom. The largest absolute Gasteiger partial charge is 0.337 e. The molecule has 0 bridgehead atoms. The summed E-state index contributed by atoms with van der Waals surface area (Å²) < 4.78 is 1.85. The molecule has 0 aliphatic heterocycles. The first kappa shape index (κ1) is 14.9. The van der Waals surface area contributed by atoms with Gasteiger partial charge >= 0.3 is 0 Å². The fourth-order valence-corrected chi connectivity index (χ4v) is 2.81. The lowest BCUT2D eigenvalue weighted by atomic mass is 10.2. The van der Waals surface area contributed by atoms with Gasteiger partial charge in [-0.05, 0) is 25.1 Å². The Balaban J connectivity index is 1.93. The SMILES string of the molecule is CCN(C(=O)Cn1cc(C#N)c2ccccc21)c1ccccc1. The number of fused-ring (bicyclic) bond motifs is 1. The van der Waals surface area contributed by atoms with E-state index in [0.29, 0.717) is 12.1 Å². The van der Waals surface area contributed by atoms with Crippen molar-refractivity contribution in [2.45, 2.75) is 13.5 Å². The van der Waals surface area contributed by atoms with Gasteiger partial charge in [0.15, 0.2) is 0 Å². The predicted octanol–water partition coefficient (Wildman–Crippen LogP) is 3.57. The number of para-hydroxylation sites is 2. The average Bonchev–Trinajstić information content (AvgIpc) is 2.94. The van der Waals surface area contributed by atoms with E-state index in [1.165, 1.54) is 0 Å². The normalized spacial score (nSPS) is 10.4. The second-order valence-corrected chi connectivity index (χ2v) is 5.27. The summed E-state index contributed by atoms with van der Waals surface area (Å²) in [6, 6.07) is 19.5. The summed E-state index contributed by atoms with van der Waals surface area (Å²) in [5, 5.41) is 10.1. The number of rotatable bonds is 4. The molecule has 0 unspecified atom stereocenters. The van der Waals surface area contributed by atoms with Crippen molar-refractivity contribution in [3.8, 4) is 6.07 Å². The fraction of sp³-hybridized carbons (Fsp3) is 0.158. The molecule has 114 valence electrons. The van der Waals surface area contributed by atoms with Crippen LogP contribution >= 0.6 is 0 Å². The fourth-order valence-electron chi connectivity index (χ4n) is 2.81. The molecular formula is C19H17N3O. The van der Waals surface area contributed by atoms with Crippen LogP contribution in [0.25, 0.3) is 10.9 Å². The molecule has 4 heteroatoms. The highest BCUT2D eigenvalue weighted by Gasteiger charge is 2.16. The third-order valence-electron chi connectivity index (χ3n) is 3.90. The maximum Gasteiger partial charge on any atom is 0.246 e. The van der Waals surface area contributed by atoms with Crippen LogP contribution in [0, 0.1) is 11.3 Å². The molecule has 1 heterocycles. The maximum atomic E-state index is 12.7. The Morgan fingerprint density at radius 2 is 1.83 bits per heavy atom. The van der Waals surface area contributed by atoms with Gasteiger partial charge in [-0.15, -0.1) is 0 Å². The molecule has 0 fully saturated rings. The zero-order valence-electron chi connectivity index (χ0n) is 12.9. The monoisotopic (exact) mass is 303 g/mol. The number of benzene rings is 2. The van der Waals surface area contributed by atoms with Crippen molar-refractivity contribution >= 4 is 22.5 Å². The quantitative estimate of drug-likeness (QED) is 0.740. The van der Waals surface area contributed by atoms with Crippen LogP contribution in [0.2, 0.25) is 0 Å². The molecule has 0 atom stereocenters. The van der Waals surface area contributed by atoms with E-state index in [-0.39, 0.29) is 12.5 Å². The summed E-state index contributed by atoms with van der Waals surface area (Å²) >= 11 is 0. The van der Waals surface area contributed by atoms with E-state index in [9.17, 15) is 10.1 Å². The smallest absolute Gasteiger partial charge is 0.246 e. The molecule has 0 saturated heterocycles. The summed E-state index contributed by atoms with van der Waals surface area (Å²) in [5.41, 5.74) is 2.38. The predicted molar refractivity (Wildman–Crippen MR) is 91.1 cm³/mol. The highest BCUT2D eigenvalue weighted by atomic mass is 16.2. The van der Waals surface area contributed by atoms with Crippen LogP contribution in [0.4, 0.5) is 5.69 Å². The minimum Gasteiger partial charge on any atom is -0.337 e. The Morgan fingerprint density at radius 3 is 2.52 bits per heavy atom. The minimum atomic E-state index is 0.00365. The van der Waals surface area contributed by atoms with Gasteiger partial charge in [0, 0.05) is 29.3 Å². The summed E-state index contributed by atoms with van der Waals surface area (Å²) in [4.78, 5) is 14.5. The lowest BCUT2D eigenvalue weighted by Crippen LogP contribution is -2.33. The topological polar surface area (TPSA) is 49.0 Å². The van der Waals surface area contributed by atoms with Crippen LogP contribution in [0.3, 0.4) is 0 Å². The molecule has 1 aromatic heterocycles. The zero-order chi connectivity index (χ0) is 16.2. The summed E-state index contributed by atoms with van der Waals surface area (Å²) in [6.45, 7) is 2.78. The lowest BCUT2D eigenvalue weighted by Gasteiger charge is -2.21. The van der Waals surface area contributed by atoms with Gasteiger partial charge in [-0.25, -0.2) is 0 Å². The maximum absolute atomic E-state index is 12.7. The number of carbonyl (C=O) groups excluding carboxylic acids is 1. The lowest BCUT2D eigenvalue weighted by molar-refractivity contribution is -0.119. The van der Waals surface area contributed by atoms with E-state index < -0.39 is 0 Å². The number of carbonyl (C=O) groups is 1. The van der Waals surface area contributed by atoms with E-state index in [1.807, 2.05) is 66.1 Å². The molecule has 0 N–H and O–H groups in total. The molecule has 3 rings (SSSR count). The third kappa shape index (κ3) is 2.82. The van der Waals surface area contributed by atoms with Gasteiger partial charge in [-0.1, -0.05) is 36.4 Å². The number of anilines is 1.